The fourth-order valence-electron chi connectivity index (χ4n) is 2.33. The van der Waals surface area contributed by atoms with Crippen molar-refractivity contribution in [3.8, 4) is 0 Å². The first-order valence-corrected chi connectivity index (χ1v) is 7.74. The molecule has 0 saturated heterocycles. The van der Waals surface area contributed by atoms with Crippen LogP contribution < -0.4 is 10.6 Å². The van der Waals surface area contributed by atoms with Crippen molar-refractivity contribution in [1.29, 1.82) is 0 Å². The van der Waals surface area contributed by atoms with E-state index < -0.39 is 0 Å². The van der Waals surface area contributed by atoms with Crippen molar-refractivity contribution < 1.29 is 4.79 Å². The molecule has 0 aliphatic rings. The average Bonchev–Trinajstić information content (AvgIpc) is 3.09. The summed E-state index contributed by atoms with van der Waals surface area (Å²) in [6.45, 7) is 8.33. The maximum absolute atomic E-state index is 12.1. The van der Waals surface area contributed by atoms with Crippen LogP contribution in [0.5, 0.6) is 0 Å². The van der Waals surface area contributed by atoms with Crippen LogP contribution >= 0.6 is 0 Å². The van der Waals surface area contributed by atoms with E-state index in [1.807, 2.05) is 56.5 Å². The van der Waals surface area contributed by atoms with E-state index in [4.69, 9.17) is 0 Å². The third kappa shape index (κ3) is 3.22. The number of imidazole rings is 1. The first kappa shape index (κ1) is 16.0. The summed E-state index contributed by atoms with van der Waals surface area (Å²) in [6, 6.07) is 5.44. The predicted octanol–water partition coefficient (Wildman–Crippen LogP) is 2.31. The molecule has 0 aliphatic carbocycles. The first-order valence-electron chi connectivity index (χ1n) is 7.74. The Hall–Kier alpha value is -2.90. The van der Waals surface area contributed by atoms with Crippen molar-refractivity contribution in [2.75, 3.05) is 5.32 Å². The van der Waals surface area contributed by atoms with Crippen molar-refractivity contribution in [2.45, 2.75) is 39.8 Å². The summed E-state index contributed by atoms with van der Waals surface area (Å²) in [5.74, 6) is 0.275. The summed E-state index contributed by atoms with van der Waals surface area (Å²) in [5, 5.41) is 9.71. The van der Waals surface area contributed by atoms with Gasteiger partial charge in [0.1, 0.15) is 12.0 Å². The summed E-state index contributed by atoms with van der Waals surface area (Å²) in [4.78, 5) is 20.6. The lowest BCUT2D eigenvalue weighted by Crippen LogP contribution is -2.29. The molecule has 0 radical (unpaired) electrons. The number of nitrogens with one attached hydrogen (secondary N) is 2. The first-order chi connectivity index (χ1) is 11.3. The fraction of sp³-hybridized carbons (Fsp3) is 0.375. The van der Waals surface area contributed by atoms with Gasteiger partial charge in [-0.25, -0.2) is 19.4 Å². The minimum atomic E-state index is -0.355. The zero-order valence-corrected chi connectivity index (χ0v) is 14.2. The highest BCUT2D eigenvalue weighted by Gasteiger charge is 2.16. The molecule has 0 fully saturated rings. The molecule has 3 heterocycles. The SMILES string of the molecule is Cc1nc2ccccn2c1CNC(=O)Nc1ncn(C(C)(C)C)n1. The molecule has 0 saturated carbocycles. The van der Waals surface area contributed by atoms with Gasteiger partial charge in [0.2, 0.25) is 5.95 Å². The summed E-state index contributed by atoms with van der Waals surface area (Å²) >= 11 is 0. The standard InChI is InChI=1S/C16H21N7O/c1-11-12(22-8-6-5-7-13(22)19-11)9-17-15(24)20-14-18-10-23(21-14)16(2,3)4/h5-8,10H,9H2,1-4H3,(H2,17,20,21,24). The molecule has 0 bridgehead atoms. The second kappa shape index (κ2) is 5.95. The Labute approximate surface area is 139 Å². The third-order valence-electron chi connectivity index (χ3n) is 3.65. The Bertz CT molecular complexity index is 872. The molecule has 2 N–H and O–H groups in total. The maximum atomic E-state index is 12.1. The second-order valence-corrected chi connectivity index (χ2v) is 6.56. The van der Waals surface area contributed by atoms with Crippen molar-refractivity contribution >= 4 is 17.6 Å². The van der Waals surface area contributed by atoms with Crippen LogP contribution in [0, 0.1) is 6.92 Å². The summed E-state index contributed by atoms with van der Waals surface area (Å²) in [7, 11) is 0. The molecular weight excluding hydrogens is 306 g/mol. The van der Waals surface area contributed by atoms with Gasteiger partial charge in [-0.05, 0) is 39.8 Å². The molecule has 0 unspecified atom stereocenters. The van der Waals surface area contributed by atoms with Crippen molar-refractivity contribution in [3.05, 3.63) is 42.1 Å². The number of carbonyl (C=O) groups is 1. The highest BCUT2D eigenvalue weighted by Crippen LogP contribution is 2.13. The molecule has 2 amide bonds. The highest BCUT2D eigenvalue weighted by atomic mass is 16.2. The molecule has 24 heavy (non-hydrogen) atoms. The van der Waals surface area contributed by atoms with Gasteiger partial charge in [0, 0.05) is 6.20 Å². The molecule has 3 aromatic heterocycles. The smallest absolute Gasteiger partial charge is 0.321 e. The van der Waals surface area contributed by atoms with Crippen LogP contribution in [-0.2, 0) is 12.1 Å². The van der Waals surface area contributed by atoms with E-state index in [0.717, 1.165) is 17.0 Å². The number of anilines is 1. The van der Waals surface area contributed by atoms with Gasteiger partial charge in [0.15, 0.2) is 0 Å². The summed E-state index contributed by atoms with van der Waals surface area (Å²) in [5.41, 5.74) is 2.50. The second-order valence-electron chi connectivity index (χ2n) is 6.56. The lowest BCUT2D eigenvalue weighted by Gasteiger charge is -2.17. The van der Waals surface area contributed by atoms with Gasteiger partial charge in [-0.3, -0.25) is 5.32 Å². The van der Waals surface area contributed by atoms with E-state index in [1.165, 1.54) is 0 Å². The molecule has 8 heteroatoms. The fourth-order valence-corrected chi connectivity index (χ4v) is 2.33. The van der Waals surface area contributed by atoms with Crippen molar-refractivity contribution in [2.24, 2.45) is 0 Å². The molecule has 8 nitrogen and oxygen atoms in total. The van der Waals surface area contributed by atoms with E-state index >= 15 is 0 Å². The molecule has 0 atom stereocenters. The average molecular weight is 327 g/mol. The Balaban J connectivity index is 1.65. The lowest BCUT2D eigenvalue weighted by atomic mass is 10.1. The molecule has 0 aromatic carbocycles. The quantitative estimate of drug-likeness (QED) is 0.772. The zero-order chi connectivity index (χ0) is 17.3. The van der Waals surface area contributed by atoms with Crippen LogP contribution in [-0.4, -0.2) is 30.2 Å². The Kier molecular flexibility index (Phi) is 3.96. The van der Waals surface area contributed by atoms with Gasteiger partial charge >= 0.3 is 6.03 Å². The molecule has 0 aliphatic heterocycles. The number of fused-ring (bicyclic) bond motifs is 1. The third-order valence-corrected chi connectivity index (χ3v) is 3.65. The summed E-state index contributed by atoms with van der Waals surface area (Å²) < 4.78 is 3.67. The van der Waals surface area contributed by atoms with E-state index in [9.17, 15) is 4.79 Å². The number of carbonyl (C=O) groups excluding carboxylic acids is 1. The number of hydrogen-bond acceptors (Lipinski definition) is 4. The maximum Gasteiger partial charge on any atom is 0.321 e. The predicted molar refractivity (Wildman–Crippen MR) is 90.8 cm³/mol. The monoisotopic (exact) mass is 327 g/mol. The molecule has 126 valence electrons. The topological polar surface area (TPSA) is 89.1 Å². The van der Waals surface area contributed by atoms with Gasteiger partial charge in [0.05, 0.1) is 23.5 Å². The number of amides is 2. The zero-order valence-electron chi connectivity index (χ0n) is 14.2. The number of pyridine rings is 1. The highest BCUT2D eigenvalue weighted by molar-refractivity contribution is 5.87. The molecule has 3 rings (SSSR count). The number of hydrogen-bond donors (Lipinski definition) is 2. The number of nitrogens with zero attached hydrogens (tertiary/aromatic N) is 5. The van der Waals surface area contributed by atoms with Crippen molar-refractivity contribution in [1.82, 2.24) is 29.5 Å². The largest absolute Gasteiger partial charge is 0.332 e. The van der Waals surface area contributed by atoms with E-state index in [-0.39, 0.29) is 17.5 Å². The normalized spacial score (nSPS) is 11.7. The Morgan fingerprint density at radius 3 is 2.79 bits per heavy atom. The number of aryl methyl sites for hydroxylation is 1. The van der Waals surface area contributed by atoms with E-state index in [0.29, 0.717) is 6.54 Å². The van der Waals surface area contributed by atoms with Gasteiger partial charge in [-0.2, -0.15) is 0 Å². The number of rotatable bonds is 3. The molecule has 3 aromatic rings. The van der Waals surface area contributed by atoms with Gasteiger partial charge in [-0.1, -0.05) is 6.07 Å². The molecular formula is C16H21N7O. The summed E-state index contributed by atoms with van der Waals surface area (Å²) in [6.07, 6.45) is 3.53. The van der Waals surface area contributed by atoms with Gasteiger partial charge in [0.25, 0.3) is 0 Å². The minimum Gasteiger partial charge on any atom is -0.332 e. The van der Waals surface area contributed by atoms with Crippen LogP contribution in [0.3, 0.4) is 0 Å². The van der Waals surface area contributed by atoms with Crippen LogP contribution in [0.2, 0.25) is 0 Å². The molecule has 0 spiro atoms. The Morgan fingerprint density at radius 1 is 1.29 bits per heavy atom. The van der Waals surface area contributed by atoms with E-state index in [1.54, 1.807) is 11.0 Å². The van der Waals surface area contributed by atoms with E-state index in [2.05, 4.69) is 25.7 Å². The van der Waals surface area contributed by atoms with Crippen LogP contribution in [0.1, 0.15) is 32.2 Å². The van der Waals surface area contributed by atoms with Gasteiger partial charge < -0.3 is 9.72 Å². The van der Waals surface area contributed by atoms with Crippen LogP contribution in [0.25, 0.3) is 5.65 Å². The van der Waals surface area contributed by atoms with Gasteiger partial charge in [-0.15, -0.1) is 5.10 Å². The van der Waals surface area contributed by atoms with Crippen LogP contribution in [0.15, 0.2) is 30.7 Å². The number of urea groups is 1. The Morgan fingerprint density at radius 2 is 2.08 bits per heavy atom. The number of aromatic nitrogens is 5. The van der Waals surface area contributed by atoms with Crippen LogP contribution in [0.4, 0.5) is 10.7 Å². The minimum absolute atomic E-state index is 0.184. The van der Waals surface area contributed by atoms with Crippen molar-refractivity contribution in [3.63, 3.8) is 0 Å². The lowest BCUT2D eigenvalue weighted by molar-refractivity contribution is 0.251.